The Morgan fingerprint density at radius 3 is 2.57 bits per heavy atom. The molecule has 2 nitrogen and oxygen atoms in total. The van der Waals surface area contributed by atoms with E-state index < -0.39 is 0 Å². The number of halogens is 1. The van der Waals surface area contributed by atoms with E-state index >= 15 is 0 Å². The van der Waals surface area contributed by atoms with Gasteiger partial charge >= 0.3 is 0 Å². The van der Waals surface area contributed by atoms with Gasteiger partial charge < -0.3 is 4.42 Å². The maximum Gasteiger partial charge on any atom is 0.193 e. The second-order valence-electron chi connectivity index (χ2n) is 4.87. The topological polar surface area (TPSA) is 30.2 Å². The predicted octanol–water partition coefficient (Wildman–Crippen LogP) is 4.99. The molecular weight excluding hydrogens is 328 g/mol. The first-order chi connectivity index (χ1) is 10.1. The van der Waals surface area contributed by atoms with Crippen molar-refractivity contribution in [1.82, 2.24) is 0 Å². The fraction of sp³-hybridized carbons (Fsp3) is 0.0556. The van der Waals surface area contributed by atoms with Gasteiger partial charge in [-0.25, -0.2) is 0 Å². The van der Waals surface area contributed by atoms with Crippen molar-refractivity contribution < 1.29 is 4.42 Å². The van der Waals surface area contributed by atoms with Gasteiger partial charge in [0, 0.05) is 6.07 Å². The lowest BCUT2D eigenvalue weighted by molar-refractivity contribution is 0.590. The average molecular weight is 341 g/mol. The molecule has 3 rings (SSSR count). The largest absolute Gasteiger partial charge is 0.455 e. The first-order valence-electron chi connectivity index (χ1n) is 6.60. The second-order valence-corrected chi connectivity index (χ2v) is 5.73. The van der Waals surface area contributed by atoms with Gasteiger partial charge in [-0.05, 0) is 46.6 Å². The molecule has 1 aromatic heterocycles. The number of rotatable bonds is 2. The lowest BCUT2D eigenvalue weighted by atomic mass is 10.1. The molecule has 0 N–H and O–H groups in total. The first-order valence-corrected chi connectivity index (χ1v) is 7.40. The van der Waals surface area contributed by atoms with Crippen molar-refractivity contribution in [3.05, 3.63) is 81.7 Å². The molecule has 0 saturated heterocycles. The zero-order chi connectivity index (χ0) is 14.8. The molecule has 0 amide bonds. The number of para-hydroxylation sites is 1. The van der Waals surface area contributed by atoms with Crippen LogP contribution in [0.2, 0.25) is 0 Å². The van der Waals surface area contributed by atoms with Crippen molar-refractivity contribution in [3.63, 3.8) is 0 Å². The molecule has 3 heteroatoms. The first kappa shape index (κ1) is 13.8. The molecule has 0 saturated carbocycles. The van der Waals surface area contributed by atoms with Crippen LogP contribution in [0.25, 0.3) is 21.5 Å². The number of benzene rings is 2. The van der Waals surface area contributed by atoms with Crippen LogP contribution in [-0.4, -0.2) is 0 Å². The zero-order valence-electron chi connectivity index (χ0n) is 11.5. The van der Waals surface area contributed by atoms with Gasteiger partial charge in [0.1, 0.15) is 11.3 Å². The monoisotopic (exact) mass is 340 g/mol. The molecule has 104 valence electrons. The lowest BCUT2D eigenvalue weighted by Crippen LogP contribution is -2.00. The van der Waals surface area contributed by atoms with Crippen molar-refractivity contribution in [2.45, 2.75) is 6.92 Å². The third-order valence-electron chi connectivity index (χ3n) is 3.24. The van der Waals surface area contributed by atoms with Crippen LogP contribution in [0.3, 0.4) is 0 Å². The Kier molecular flexibility index (Phi) is 3.76. The summed E-state index contributed by atoms with van der Waals surface area (Å²) in [5.41, 5.74) is 2.80. The molecule has 0 aliphatic carbocycles. The van der Waals surface area contributed by atoms with E-state index in [0.29, 0.717) is 16.7 Å². The summed E-state index contributed by atoms with van der Waals surface area (Å²) in [6.45, 7) is 2.05. The highest BCUT2D eigenvalue weighted by Gasteiger charge is 2.06. The fourth-order valence-corrected chi connectivity index (χ4v) is 2.56. The van der Waals surface area contributed by atoms with Crippen LogP contribution < -0.4 is 5.43 Å². The molecule has 0 atom stereocenters. The van der Waals surface area contributed by atoms with Gasteiger partial charge in [0.2, 0.25) is 0 Å². The third kappa shape index (κ3) is 2.98. The summed E-state index contributed by atoms with van der Waals surface area (Å²) in [6, 6.07) is 16.9. The van der Waals surface area contributed by atoms with E-state index in [-0.39, 0.29) is 5.43 Å². The predicted molar refractivity (Wildman–Crippen MR) is 90.5 cm³/mol. The summed E-state index contributed by atoms with van der Waals surface area (Å²) in [4.78, 5) is 12.1. The van der Waals surface area contributed by atoms with Gasteiger partial charge in [-0.15, -0.1) is 0 Å². The van der Waals surface area contributed by atoms with Crippen molar-refractivity contribution in [2.24, 2.45) is 0 Å². The summed E-state index contributed by atoms with van der Waals surface area (Å²) in [6.07, 6.45) is 1.94. The van der Waals surface area contributed by atoms with Crippen molar-refractivity contribution in [1.29, 1.82) is 0 Å². The van der Waals surface area contributed by atoms with Gasteiger partial charge in [-0.1, -0.05) is 42.0 Å². The van der Waals surface area contributed by atoms with Crippen molar-refractivity contribution in [2.75, 3.05) is 0 Å². The minimum atomic E-state index is -0.0406. The summed E-state index contributed by atoms with van der Waals surface area (Å²) in [7, 11) is 0. The highest BCUT2D eigenvalue weighted by Crippen LogP contribution is 2.25. The van der Waals surface area contributed by atoms with Crippen LogP contribution in [0.5, 0.6) is 0 Å². The molecule has 0 aliphatic rings. The quantitative estimate of drug-likeness (QED) is 0.657. The highest BCUT2D eigenvalue weighted by atomic mass is 79.9. The second kappa shape index (κ2) is 5.70. The van der Waals surface area contributed by atoms with E-state index in [0.717, 1.165) is 10.0 Å². The van der Waals surface area contributed by atoms with Gasteiger partial charge in [-0.3, -0.25) is 4.79 Å². The van der Waals surface area contributed by atoms with Gasteiger partial charge in [0.15, 0.2) is 5.43 Å². The molecule has 0 aliphatic heterocycles. The van der Waals surface area contributed by atoms with Crippen molar-refractivity contribution in [3.8, 4) is 0 Å². The van der Waals surface area contributed by atoms with E-state index in [1.165, 1.54) is 11.6 Å². The van der Waals surface area contributed by atoms with E-state index in [4.69, 9.17) is 4.42 Å². The van der Waals surface area contributed by atoms with Crippen molar-refractivity contribution >= 4 is 37.5 Å². The lowest BCUT2D eigenvalue weighted by Gasteiger charge is -2.02. The molecule has 0 fully saturated rings. The number of hydrogen-bond donors (Lipinski definition) is 0. The third-order valence-corrected chi connectivity index (χ3v) is 3.86. The van der Waals surface area contributed by atoms with E-state index in [1.54, 1.807) is 12.1 Å². The Labute approximate surface area is 130 Å². The molecular formula is C18H13BrO2. The molecule has 21 heavy (non-hydrogen) atoms. The Bertz CT molecular complexity index is 874. The van der Waals surface area contributed by atoms with Crippen LogP contribution in [0.1, 0.15) is 16.9 Å². The number of aryl methyl sites for hydroxylation is 1. The Morgan fingerprint density at radius 2 is 1.81 bits per heavy atom. The van der Waals surface area contributed by atoms with Gasteiger partial charge in [0.05, 0.1) is 9.87 Å². The van der Waals surface area contributed by atoms with Crippen LogP contribution in [0.15, 0.2) is 63.8 Å². The molecule has 0 spiro atoms. The standard InChI is InChI=1S/C18H13BrO2/c1-12-6-8-13(9-7-12)10-15(19)18-11-16(20)14-4-2-3-5-17(14)21-18/h2-11H,1H3/b15-10+. The zero-order valence-corrected chi connectivity index (χ0v) is 13.1. The van der Waals surface area contributed by atoms with E-state index in [9.17, 15) is 4.79 Å². The Hall–Kier alpha value is -2.13. The van der Waals surface area contributed by atoms with Crippen LogP contribution >= 0.6 is 15.9 Å². The Morgan fingerprint density at radius 1 is 1.10 bits per heavy atom. The number of fused-ring (bicyclic) bond motifs is 1. The highest BCUT2D eigenvalue weighted by molar-refractivity contribution is 9.15. The molecule has 2 aromatic carbocycles. The van der Waals surface area contributed by atoms with E-state index in [1.807, 2.05) is 49.4 Å². The maximum absolute atomic E-state index is 12.1. The fourth-order valence-electron chi connectivity index (χ4n) is 2.10. The Balaban J connectivity index is 2.07. The maximum atomic E-state index is 12.1. The minimum absolute atomic E-state index is 0.0406. The smallest absolute Gasteiger partial charge is 0.193 e. The molecule has 3 aromatic rings. The average Bonchev–Trinajstić information content (AvgIpc) is 2.49. The SMILES string of the molecule is Cc1ccc(/C=C(/Br)c2cc(=O)c3ccccc3o2)cc1. The van der Waals surface area contributed by atoms with Crippen LogP contribution in [-0.2, 0) is 0 Å². The van der Waals surface area contributed by atoms with Gasteiger partial charge in [-0.2, -0.15) is 0 Å². The molecule has 0 bridgehead atoms. The van der Waals surface area contributed by atoms with Gasteiger partial charge in [0.25, 0.3) is 0 Å². The molecule has 0 unspecified atom stereocenters. The summed E-state index contributed by atoms with van der Waals surface area (Å²) in [5.74, 6) is 0.527. The van der Waals surface area contributed by atoms with Crippen LogP contribution in [0, 0.1) is 6.92 Å². The minimum Gasteiger partial charge on any atom is -0.455 e. The number of hydrogen-bond acceptors (Lipinski definition) is 2. The van der Waals surface area contributed by atoms with E-state index in [2.05, 4.69) is 15.9 Å². The summed E-state index contributed by atoms with van der Waals surface area (Å²) in [5, 5.41) is 0.594. The normalized spacial score (nSPS) is 11.8. The molecule has 1 heterocycles. The summed E-state index contributed by atoms with van der Waals surface area (Å²) >= 11 is 3.49. The summed E-state index contributed by atoms with van der Waals surface area (Å²) < 4.78 is 6.53. The molecule has 0 radical (unpaired) electrons. The van der Waals surface area contributed by atoms with Crippen LogP contribution in [0.4, 0.5) is 0 Å².